The van der Waals surface area contributed by atoms with E-state index in [-0.39, 0.29) is 18.8 Å². The Hall–Kier alpha value is -0.690. The summed E-state index contributed by atoms with van der Waals surface area (Å²) in [4.78, 5) is 7.45. The van der Waals surface area contributed by atoms with Crippen molar-refractivity contribution in [1.82, 2.24) is 9.88 Å². The van der Waals surface area contributed by atoms with Gasteiger partial charge < -0.3 is 15.6 Å². The minimum Gasteiger partial charge on any atom is -0.394 e. The molecule has 90 valence electrons. The number of nitrogen functional groups attached to an aromatic ring is 1. The van der Waals surface area contributed by atoms with Gasteiger partial charge in [-0.15, -0.1) is 11.3 Å². The minimum atomic E-state index is -0.0750. The Bertz CT molecular complexity index is 345. The van der Waals surface area contributed by atoms with Crippen molar-refractivity contribution in [2.75, 3.05) is 25.4 Å². The van der Waals surface area contributed by atoms with Gasteiger partial charge in [0.05, 0.1) is 18.8 Å². The zero-order valence-electron chi connectivity index (χ0n) is 9.30. The van der Waals surface area contributed by atoms with E-state index in [1.807, 2.05) is 13.1 Å². The lowest BCUT2D eigenvalue weighted by Crippen LogP contribution is -2.47. The lowest BCUT2D eigenvalue weighted by molar-refractivity contribution is -0.0970. The van der Waals surface area contributed by atoms with E-state index < -0.39 is 0 Å². The number of thiazole rings is 1. The number of rotatable bonds is 3. The first-order chi connectivity index (χ1) is 7.67. The summed E-state index contributed by atoms with van der Waals surface area (Å²) in [7, 11) is 0. The molecule has 16 heavy (non-hydrogen) atoms. The topological polar surface area (TPSA) is 71.6 Å². The summed E-state index contributed by atoms with van der Waals surface area (Å²) in [6.07, 6.45) is 1.90. The zero-order valence-corrected chi connectivity index (χ0v) is 10.1. The van der Waals surface area contributed by atoms with Crippen molar-refractivity contribution in [3.8, 4) is 0 Å². The van der Waals surface area contributed by atoms with Gasteiger partial charge in [-0.3, -0.25) is 4.90 Å². The summed E-state index contributed by atoms with van der Waals surface area (Å²) in [5, 5.41) is 9.72. The predicted molar refractivity (Wildman–Crippen MR) is 63.2 cm³/mol. The highest BCUT2D eigenvalue weighted by atomic mass is 32.1. The number of hydrogen-bond donors (Lipinski definition) is 2. The lowest BCUT2D eigenvalue weighted by atomic mass is 10.2. The van der Waals surface area contributed by atoms with Crippen LogP contribution in [-0.2, 0) is 11.3 Å². The van der Waals surface area contributed by atoms with Crippen molar-refractivity contribution in [2.45, 2.75) is 25.7 Å². The highest BCUT2D eigenvalue weighted by Gasteiger charge is 2.24. The number of aromatic nitrogens is 1. The van der Waals surface area contributed by atoms with Crippen molar-refractivity contribution < 1.29 is 9.84 Å². The van der Waals surface area contributed by atoms with Crippen molar-refractivity contribution in [2.24, 2.45) is 0 Å². The van der Waals surface area contributed by atoms with Crippen LogP contribution in [0.1, 0.15) is 11.8 Å². The lowest BCUT2D eigenvalue weighted by Gasteiger charge is -2.35. The molecule has 0 spiro atoms. The van der Waals surface area contributed by atoms with Crippen molar-refractivity contribution in [1.29, 1.82) is 0 Å². The van der Waals surface area contributed by atoms with E-state index in [1.165, 1.54) is 11.3 Å². The number of morpholine rings is 1. The smallest absolute Gasteiger partial charge is 0.180 e. The standard InChI is InChI=1S/C10H17N3O2S/c1-7-3-13(4-8(6-14)15-7)5-9-2-12-10(11)16-9/h2,7-8,14H,3-6H2,1H3,(H2,11,12). The maximum absolute atomic E-state index is 9.12. The average molecular weight is 243 g/mol. The molecule has 0 bridgehead atoms. The summed E-state index contributed by atoms with van der Waals surface area (Å²) >= 11 is 1.51. The highest BCUT2D eigenvalue weighted by molar-refractivity contribution is 7.15. The van der Waals surface area contributed by atoms with Gasteiger partial charge in [-0.1, -0.05) is 0 Å². The first-order valence-electron chi connectivity index (χ1n) is 5.36. The van der Waals surface area contributed by atoms with E-state index in [9.17, 15) is 0 Å². The summed E-state index contributed by atoms with van der Waals surface area (Å²) in [5.41, 5.74) is 5.59. The quantitative estimate of drug-likeness (QED) is 0.799. The Morgan fingerprint density at radius 2 is 2.50 bits per heavy atom. The van der Waals surface area contributed by atoms with Gasteiger partial charge in [-0.05, 0) is 6.92 Å². The van der Waals surface area contributed by atoms with Gasteiger partial charge >= 0.3 is 0 Å². The van der Waals surface area contributed by atoms with Crippen LogP contribution in [-0.4, -0.2) is 46.9 Å². The van der Waals surface area contributed by atoms with Gasteiger partial charge in [0.2, 0.25) is 0 Å². The van der Waals surface area contributed by atoms with Crippen LogP contribution < -0.4 is 5.73 Å². The molecule has 3 N–H and O–H groups in total. The number of ether oxygens (including phenoxy) is 1. The number of aliphatic hydroxyl groups excluding tert-OH is 1. The van der Waals surface area contributed by atoms with Crippen LogP contribution in [0.25, 0.3) is 0 Å². The summed E-state index contributed by atoms with van der Waals surface area (Å²) < 4.78 is 5.58. The molecule has 0 radical (unpaired) electrons. The molecule has 1 aromatic heterocycles. The Morgan fingerprint density at radius 1 is 1.69 bits per heavy atom. The molecule has 2 rings (SSSR count). The molecule has 0 amide bonds. The van der Waals surface area contributed by atoms with Gasteiger partial charge in [0.25, 0.3) is 0 Å². The first-order valence-corrected chi connectivity index (χ1v) is 6.18. The van der Waals surface area contributed by atoms with E-state index in [2.05, 4.69) is 9.88 Å². The third-order valence-corrected chi connectivity index (χ3v) is 3.37. The molecule has 1 aliphatic heterocycles. The van der Waals surface area contributed by atoms with Crippen LogP contribution in [0.3, 0.4) is 0 Å². The van der Waals surface area contributed by atoms with Crippen LogP contribution in [0.15, 0.2) is 6.20 Å². The number of anilines is 1. The molecule has 1 aliphatic rings. The van der Waals surface area contributed by atoms with Crippen LogP contribution in [0.4, 0.5) is 5.13 Å². The Morgan fingerprint density at radius 3 is 3.12 bits per heavy atom. The van der Waals surface area contributed by atoms with Gasteiger partial charge in [0, 0.05) is 30.7 Å². The fourth-order valence-electron chi connectivity index (χ4n) is 1.99. The molecule has 0 aromatic carbocycles. The van der Waals surface area contributed by atoms with E-state index in [0.29, 0.717) is 5.13 Å². The summed E-state index contributed by atoms with van der Waals surface area (Å²) in [6, 6.07) is 0. The van der Waals surface area contributed by atoms with Crippen LogP contribution in [0, 0.1) is 0 Å². The van der Waals surface area contributed by atoms with Gasteiger partial charge in [0.1, 0.15) is 0 Å². The molecular formula is C10H17N3O2S. The van der Waals surface area contributed by atoms with E-state index in [4.69, 9.17) is 15.6 Å². The fourth-order valence-corrected chi connectivity index (χ4v) is 2.71. The molecule has 2 unspecified atom stereocenters. The van der Waals surface area contributed by atoms with Crippen LogP contribution in [0.5, 0.6) is 0 Å². The fraction of sp³-hybridized carbons (Fsp3) is 0.700. The molecule has 0 aliphatic carbocycles. The van der Waals surface area contributed by atoms with Crippen LogP contribution >= 0.6 is 11.3 Å². The molecule has 5 nitrogen and oxygen atoms in total. The largest absolute Gasteiger partial charge is 0.394 e. The molecule has 6 heteroatoms. The molecule has 2 atom stereocenters. The second kappa shape index (κ2) is 5.09. The third kappa shape index (κ3) is 2.91. The van der Waals surface area contributed by atoms with Crippen molar-refractivity contribution in [3.05, 3.63) is 11.1 Å². The Kier molecular flexibility index (Phi) is 3.75. The summed E-state index contributed by atoms with van der Waals surface area (Å²) in [6.45, 7) is 4.58. The maximum atomic E-state index is 9.12. The molecule has 1 fully saturated rings. The number of aliphatic hydroxyl groups is 1. The molecule has 1 aromatic rings. The predicted octanol–water partition coefficient (Wildman–Crippen LogP) is 0.307. The minimum absolute atomic E-state index is 0.0750. The van der Waals surface area contributed by atoms with Gasteiger partial charge in [-0.2, -0.15) is 0 Å². The first kappa shape index (κ1) is 11.8. The second-order valence-electron chi connectivity index (χ2n) is 4.11. The second-order valence-corrected chi connectivity index (χ2v) is 5.26. The molecule has 0 saturated carbocycles. The van der Waals surface area contributed by atoms with Gasteiger partial charge in [-0.25, -0.2) is 4.98 Å². The monoisotopic (exact) mass is 243 g/mol. The number of nitrogens with two attached hydrogens (primary N) is 1. The molecular weight excluding hydrogens is 226 g/mol. The van der Waals surface area contributed by atoms with Crippen molar-refractivity contribution >= 4 is 16.5 Å². The third-order valence-electron chi connectivity index (χ3n) is 2.56. The summed E-state index contributed by atoms with van der Waals surface area (Å²) in [5.74, 6) is 0. The Labute approximate surface area is 98.8 Å². The highest BCUT2D eigenvalue weighted by Crippen LogP contribution is 2.19. The number of hydrogen-bond acceptors (Lipinski definition) is 6. The van der Waals surface area contributed by atoms with Gasteiger partial charge in [0.15, 0.2) is 5.13 Å². The van der Waals surface area contributed by atoms with Crippen LogP contribution in [0.2, 0.25) is 0 Å². The number of nitrogens with zero attached hydrogens (tertiary/aromatic N) is 2. The van der Waals surface area contributed by atoms with E-state index >= 15 is 0 Å². The average Bonchev–Trinajstić information content (AvgIpc) is 2.63. The molecule has 2 heterocycles. The normalized spacial score (nSPS) is 27.1. The molecule has 1 saturated heterocycles. The Balaban J connectivity index is 1.93. The zero-order chi connectivity index (χ0) is 11.5. The van der Waals surface area contributed by atoms with Crippen molar-refractivity contribution in [3.63, 3.8) is 0 Å². The van der Waals surface area contributed by atoms with E-state index in [0.717, 1.165) is 24.5 Å². The van der Waals surface area contributed by atoms with E-state index in [1.54, 1.807) is 0 Å². The maximum Gasteiger partial charge on any atom is 0.180 e. The SMILES string of the molecule is CC1CN(Cc2cnc(N)s2)CC(CO)O1.